The van der Waals surface area contributed by atoms with E-state index < -0.39 is 0 Å². The monoisotopic (exact) mass is 551 g/mol. The molecule has 0 saturated carbocycles. The third-order valence-electron chi connectivity index (χ3n) is 9.11. The summed E-state index contributed by atoms with van der Waals surface area (Å²) in [7, 11) is 0. The van der Waals surface area contributed by atoms with E-state index in [0.29, 0.717) is 17.5 Å². The Labute approximate surface area is 253 Å². The summed E-state index contributed by atoms with van der Waals surface area (Å²) in [5.74, 6) is 0.874. The summed E-state index contributed by atoms with van der Waals surface area (Å²) in [5.41, 5.74) is 24.1. The molecule has 2 aromatic rings. The molecule has 0 bridgehead atoms. The van der Waals surface area contributed by atoms with E-state index >= 15 is 0 Å². The highest BCUT2D eigenvalue weighted by Crippen LogP contribution is 2.60. The zero-order chi connectivity index (χ0) is 31.4. The van der Waals surface area contributed by atoms with Gasteiger partial charge < -0.3 is 5.73 Å². The number of benzene rings is 2. The topological polar surface area (TPSA) is 26.0 Å². The minimum atomic E-state index is 0.0930. The van der Waals surface area contributed by atoms with Crippen molar-refractivity contribution < 1.29 is 0 Å². The molecule has 1 nitrogen and oxygen atoms in total. The van der Waals surface area contributed by atoms with Crippen LogP contribution in [0.3, 0.4) is 0 Å². The molecule has 0 amide bonds. The summed E-state index contributed by atoms with van der Waals surface area (Å²) in [6.45, 7) is 39.1. The van der Waals surface area contributed by atoms with Crippen LogP contribution >= 0.6 is 0 Å². The van der Waals surface area contributed by atoms with E-state index in [0.717, 1.165) is 30.4 Å². The molecular weight excluding hydrogens is 494 g/mol. The molecule has 3 aliphatic rings. The molecule has 2 unspecified atom stereocenters. The molecule has 2 N–H and O–H groups in total. The molecule has 0 saturated heterocycles. The van der Waals surface area contributed by atoms with Crippen LogP contribution in [0.4, 0.5) is 0 Å². The molecule has 3 aliphatic carbocycles. The molecule has 0 aromatic heterocycles. The zero-order valence-electron chi connectivity index (χ0n) is 28.4. The second-order valence-corrected chi connectivity index (χ2v) is 11.7. The van der Waals surface area contributed by atoms with E-state index in [4.69, 9.17) is 12.3 Å². The van der Waals surface area contributed by atoms with Crippen molar-refractivity contribution in [3.8, 4) is 11.1 Å². The Bertz CT molecular complexity index is 1370. The van der Waals surface area contributed by atoms with Crippen LogP contribution in [0.5, 0.6) is 0 Å². The van der Waals surface area contributed by atoms with Crippen LogP contribution in [0.15, 0.2) is 83.6 Å². The quantitative estimate of drug-likeness (QED) is 0.394. The van der Waals surface area contributed by atoms with Crippen molar-refractivity contribution in [2.24, 2.45) is 23.0 Å². The fourth-order valence-corrected chi connectivity index (χ4v) is 7.84. The third kappa shape index (κ3) is 5.97. The molecule has 0 spiro atoms. The minimum Gasteiger partial charge on any atom is -0.399 e. The highest BCUT2D eigenvalue weighted by atomic mass is 14.6. The van der Waals surface area contributed by atoms with Crippen molar-refractivity contribution in [1.29, 1.82) is 0 Å². The highest BCUT2D eigenvalue weighted by Gasteiger charge is 2.48. The van der Waals surface area contributed by atoms with Gasteiger partial charge in [-0.2, -0.15) is 0 Å². The van der Waals surface area contributed by atoms with Gasteiger partial charge in [0.2, 0.25) is 0 Å². The number of nitrogens with two attached hydrogens (primary N) is 1. The van der Waals surface area contributed by atoms with Gasteiger partial charge in [0.05, 0.1) is 0 Å². The molecule has 3 atom stereocenters. The molecule has 0 radical (unpaired) electrons. The van der Waals surface area contributed by atoms with E-state index in [1.54, 1.807) is 0 Å². The summed E-state index contributed by atoms with van der Waals surface area (Å²) < 4.78 is 0. The van der Waals surface area contributed by atoms with E-state index in [9.17, 15) is 0 Å². The van der Waals surface area contributed by atoms with Gasteiger partial charge in [-0.25, -0.2) is 0 Å². The van der Waals surface area contributed by atoms with Gasteiger partial charge in [-0.05, 0) is 121 Å². The number of allylic oxidation sites excluding steroid dienone is 5. The normalized spacial score (nSPS) is 22.5. The molecule has 41 heavy (non-hydrogen) atoms. The van der Waals surface area contributed by atoms with Crippen molar-refractivity contribution in [2.75, 3.05) is 0 Å². The van der Waals surface area contributed by atoms with Crippen LogP contribution < -0.4 is 5.73 Å². The van der Waals surface area contributed by atoms with Gasteiger partial charge in [-0.3, -0.25) is 0 Å². The van der Waals surface area contributed by atoms with Gasteiger partial charge in [-0.1, -0.05) is 115 Å². The van der Waals surface area contributed by atoms with E-state index in [-0.39, 0.29) is 5.41 Å². The van der Waals surface area contributed by atoms with Crippen molar-refractivity contribution in [3.63, 3.8) is 0 Å². The van der Waals surface area contributed by atoms with Crippen LogP contribution in [0.25, 0.3) is 16.7 Å². The Kier molecular flexibility index (Phi) is 11.4. The Hall–Kier alpha value is -3.06. The van der Waals surface area contributed by atoms with Gasteiger partial charge in [-0.15, -0.1) is 0 Å². The predicted molar refractivity (Wildman–Crippen MR) is 185 cm³/mol. The number of aryl methyl sites for hydroxylation is 2. The predicted octanol–water partition coefficient (Wildman–Crippen LogP) is 11.6. The van der Waals surface area contributed by atoms with Crippen molar-refractivity contribution in [2.45, 2.75) is 102 Å². The Balaban J connectivity index is 0.000000921. The number of fused-ring (bicyclic) bond motifs is 3. The van der Waals surface area contributed by atoms with E-state index in [2.05, 4.69) is 85.0 Å². The Morgan fingerprint density at radius 3 is 2.00 bits per heavy atom. The summed E-state index contributed by atoms with van der Waals surface area (Å²) in [6, 6.07) is 11.3. The average Bonchev–Trinajstić information content (AvgIpc) is 2.93. The first-order valence-electron chi connectivity index (χ1n) is 15.9. The number of hydrogen-bond acceptors (Lipinski definition) is 1. The summed E-state index contributed by atoms with van der Waals surface area (Å²) in [5, 5.41) is 0. The summed E-state index contributed by atoms with van der Waals surface area (Å²) >= 11 is 0. The molecule has 222 valence electrons. The van der Waals surface area contributed by atoms with Crippen LogP contribution in [-0.4, -0.2) is 0 Å². The van der Waals surface area contributed by atoms with Gasteiger partial charge in [0.1, 0.15) is 0 Å². The summed E-state index contributed by atoms with van der Waals surface area (Å²) in [4.78, 5) is 0. The van der Waals surface area contributed by atoms with E-state index in [1.807, 2.05) is 41.5 Å². The SMILES string of the molecule is C=C(N)C1=C(C)CC2C[C@]3(C)Cc4c(C)cc(-c5ccc(C)cc5)c(C)c4C(=C)C3=C(C)C2C1=C.CC.CC.CC. The minimum absolute atomic E-state index is 0.0930. The number of rotatable bonds is 2. The van der Waals surface area contributed by atoms with Crippen molar-refractivity contribution >= 4 is 5.57 Å². The second kappa shape index (κ2) is 13.7. The molecule has 2 aromatic carbocycles. The standard InChI is InChI=1S/C34H39N.3C2H6/c1-18-10-12-26(13-11-18)28-15-19(2)29-17-34(9)16-27-14-20(3)30(25(8)35)22(5)31(27)23(6)33(34)24(7)32(29)21(28)4;3*1-2/h10-13,15,27,31H,5,7-8,14,16-17,35H2,1-4,6,9H3;3*1-2H3/t27?,31?,34-;;;/m1.../s1. The van der Waals surface area contributed by atoms with Gasteiger partial charge in [0.15, 0.2) is 0 Å². The van der Waals surface area contributed by atoms with Crippen LogP contribution in [0, 0.1) is 38.0 Å². The fraction of sp³-hybridized carbons (Fsp3) is 0.450. The van der Waals surface area contributed by atoms with Gasteiger partial charge >= 0.3 is 0 Å². The first-order valence-corrected chi connectivity index (χ1v) is 15.9. The second-order valence-electron chi connectivity index (χ2n) is 11.7. The molecular formula is C40H57N. The molecule has 5 rings (SSSR count). The lowest BCUT2D eigenvalue weighted by Crippen LogP contribution is -2.41. The number of hydrogen-bond donors (Lipinski definition) is 1. The molecule has 0 heterocycles. The first kappa shape index (κ1) is 34.1. The van der Waals surface area contributed by atoms with Crippen LogP contribution in [-0.2, 0) is 6.42 Å². The first-order chi connectivity index (χ1) is 19.4. The lowest BCUT2D eigenvalue weighted by atomic mass is 9.52. The highest BCUT2D eigenvalue weighted by molar-refractivity contribution is 5.89. The summed E-state index contributed by atoms with van der Waals surface area (Å²) in [6.07, 6.45) is 3.30. The average molecular weight is 552 g/mol. The molecule has 0 aliphatic heterocycles. The zero-order valence-corrected chi connectivity index (χ0v) is 28.4. The maximum atomic E-state index is 6.23. The largest absolute Gasteiger partial charge is 0.399 e. The van der Waals surface area contributed by atoms with Crippen molar-refractivity contribution in [1.82, 2.24) is 0 Å². The van der Waals surface area contributed by atoms with E-state index in [1.165, 1.54) is 61.2 Å². The smallest absolute Gasteiger partial charge is 0.0316 e. The Morgan fingerprint density at radius 2 is 1.46 bits per heavy atom. The van der Waals surface area contributed by atoms with Gasteiger partial charge in [0, 0.05) is 11.6 Å². The molecule has 0 fully saturated rings. The lowest BCUT2D eigenvalue weighted by Gasteiger charge is -2.52. The fourth-order valence-electron chi connectivity index (χ4n) is 7.84. The van der Waals surface area contributed by atoms with Crippen LogP contribution in [0.2, 0.25) is 0 Å². The maximum absolute atomic E-state index is 6.23. The molecule has 1 heteroatoms. The van der Waals surface area contributed by atoms with Crippen molar-refractivity contribution in [3.05, 3.63) is 111 Å². The Morgan fingerprint density at radius 1 is 0.902 bits per heavy atom. The van der Waals surface area contributed by atoms with Gasteiger partial charge in [0.25, 0.3) is 0 Å². The lowest BCUT2D eigenvalue weighted by molar-refractivity contribution is 0.220. The maximum Gasteiger partial charge on any atom is 0.0316 e. The van der Waals surface area contributed by atoms with Crippen LogP contribution in [0.1, 0.15) is 103 Å². The third-order valence-corrected chi connectivity index (χ3v) is 9.11.